The zero-order chi connectivity index (χ0) is 18.3. The van der Waals surface area contributed by atoms with Gasteiger partial charge in [0.1, 0.15) is 12.4 Å². The zero-order valence-corrected chi connectivity index (χ0v) is 13.7. The first-order valence-corrected chi connectivity index (χ1v) is 8.54. The van der Waals surface area contributed by atoms with Gasteiger partial charge in [0.25, 0.3) is 15.9 Å². The minimum atomic E-state index is -4.01. The average molecular weight is 363 g/mol. The molecule has 0 aromatic heterocycles. The van der Waals surface area contributed by atoms with Crippen LogP contribution in [0.2, 0.25) is 0 Å². The third-order valence-electron chi connectivity index (χ3n) is 3.02. The largest absolute Gasteiger partial charge is 0.324 e. The fourth-order valence-electron chi connectivity index (χ4n) is 1.83. The summed E-state index contributed by atoms with van der Waals surface area (Å²) < 4.78 is 36.5. The van der Waals surface area contributed by atoms with Crippen LogP contribution in [-0.2, 0) is 26.1 Å². The molecule has 2 aromatic carbocycles. The summed E-state index contributed by atoms with van der Waals surface area (Å²) in [6.45, 7) is -0.555. The Kier molecular flexibility index (Phi) is 6.19. The van der Waals surface area contributed by atoms with Crippen LogP contribution in [0.3, 0.4) is 0 Å². The maximum atomic E-state index is 12.8. The third kappa shape index (κ3) is 5.65. The van der Waals surface area contributed by atoms with Crippen LogP contribution in [0.1, 0.15) is 5.56 Å². The van der Waals surface area contributed by atoms with E-state index in [1.807, 2.05) is 6.07 Å². The van der Waals surface area contributed by atoms with E-state index >= 15 is 0 Å². The van der Waals surface area contributed by atoms with Crippen molar-refractivity contribution in [3.05, 3.63) is 59.9 Å². The second-order valence-electron chi connectivity index (χ2n) is 4.91. The highest BCUT2D eigenvalue weighted by atomic mass is 32.2. The summed E-state index contributed by atoms with van der Waals surface area (Å²) in [5.74, 6) is -1.14. The van der Waals surface area contributed by atoms with Crippen molar-refractivity contribution in [2.24, 2.45) is 0 Å². The van der Waals surface area contributed by atoms with Crippen LogP contribution in [0.5, 0.6) is 0 Å². The van der Waals surface area contributed by atoms with E-state index in [1.54, 1.807) is 29.2 Å². The second kappa shape index (κ2) is 8.34. The van der Waals surface area contributed by atoms with Gasteiger partial charge in [0, 0.05) is 5.69 Å². The quantitative estimate of drug-likeness (QED) is 0.729. The number of nitrogens with one attached hydrogen (secondary N) is 2. The van der Waals surface area contributed by atoms with Crippen molar-refractivity contribution < 1.29 is 22.4 Å². The fourth-order valence-corrected chi connectivity index (χ4v) is 2.63. The van der Waals surface area contributed by atoms with E-state index in [0.717, 1.165) is 29.8 Å². The van der Waals surface area contributed by atoms with E-state index in [0.29, 0.717) is 5.69 Å². The van der Waals surface area contributed by atoms with E-state index in [4.69, 9.17) is 10.1 Å². The maximum absolute atomic E-state index is 12.8. The van der Waals surface area contributed by atoms with Gasteiger partial charge in [-0.3, -0.25) is 9.63 Å². The molecule has 0 aliphatic heterocycles. The molecule has 0 atom stereocenters. The van der Waals surface area contributed by atoms with E-state index in [-0.39, 0.29) is 11.3 Å². The van der Waals surface area contributed by atoms with Gasteiger partial charge in [-0.15, -0.1) is 0 Å². The molecule has 0 bridgehead atoms. The summed E-state index contributed by atoms with van der Waals surface area (Å²) in [4.78, 5) is 18.0. The summed E-state index contributed by atoms with van der Waals surface area (Å²) in [6, 6.07) is 12.8. The van der Waals surface area contributed by atoms with Gasteiger partial charge in [-0.1, -0.05) is 17.0 Å². The molecular weight excluding hydrogens is 349 g/mol. The van der Waals surface area contributed by atoms with Crippen LogP contribution in [0, 0.1) is 17.1 Å². The lowest BCUT2D eigenvalue weighted by Crippen LogP contribution is -2.29. The summed E-state index contributed by atoms with van der Waals surface area (Å²) in [5.41, 5.74) is 1.29. The Bertz CT molecular complexity index is 875. The molecule has 0 radical (unpaired) electrons. The van der Waals surface area contributed by atoms with Gasteiger partial charge < -0.3 is 5.32 Å². The van der Waals surface area contributed by atoms with Gasteiger partial charge in [0.2, 0.25) is 0 Å². The first kappa shape index (κ1) is 18.5. The summed E-state index contributed by atoms with van der Waals surface area (Å²) in [5, 5.41) is 11.1. The molecular formula is C16H14FN3O4S. The van der Waals surface area contributed by atoms with E-state index < -0.39 is 28.4 Å². The van der Waals surface area contributed by atoms with Gasteiger partial charge in [-0.2, -0.15) is 5.26 Å². The Balaban J connectivity index is 1.83. The predicted octanol–water partition coefficient (Wildman–Crippen LogP) is 1.74. The lowest BCUT2D eigenvalue weighted by Gasteiger charge is -2.08. The second-order valence-corrected chi connectivity index (χ2v) is 6.55. The standard InChI is InChI=1S/C16H14FN3O4S/c17-13-3-7-15(8-4-13)25(22,23)20-24-11-16(21)19-14-5-1-12(2-6-14)9-10-18/h1-8,20H,9,11H2,(H,19,21). The number of hydrogen-bond donors (Lipinski definition) is 2. The number of carbonyl (C=O) groups excluding carboxylic acids is 1. The highest BCUT2D eigenvalue weighted by molar-refractivity contribution is 7.89. The SMILES string of the molecule is N#CCc1ccc(NC(=O)CONS(=O)(=O)c2ccc(F)cc2)cc1. The lowest BCUT2D eigenvalue weighted by molar-refractivity contribution is -0.121. The first-order valence-electron chi connectivity index (χ1n) is 7.05. The minimum Gasteiger partial charge on any atom is -0.324 e. The molecule has 0 aliphatic rings. The monoisotopic (exact) mass is 363 g/mol. The molecule has 0 heterocycles. The summed E-state index contributed by atoms with van der Waals surface area (Å²) in [7, 11) is -4.01. The van der Waals surface area contributed by atoms with Crippen molar-refractivity contribution in [2.75, 3.05) is 11.9 Å². The molecule has 0 unspecified atom stereocenters. The molecule has 1 amide bonds. The van der Waals surface area contributed by atoms with Gasteiger partial charge in [-0.25, -0.2) is 12.8 Å². The van der Waals surface area contributed by atoms with Crippen LogP contribution in [0.25, 0.3) is 0 Å². The van der Waals surface area contributed by atoms with Gasteiger partial charge in [0.05, 0.1) is 17.4 Å². The molecule has 2 rings (SSSR count). The molecule has 2 N–H and O–H groups in total. The molecule has 0 saturated heterocycles. The van der Waals surface area contributed by atoms with Crippen LogP contribution >= 0.6 is 0 Å². The fraction of sp³-hybridized carbons (Fsp3) is 0.125. The zero-order valence-electron chi connectivity index (χ0n) is 12.9. The van der Waals surface area contributed by atoms with Crippen molar-refractivity contribution >= 4 is 21.6 Å². The number of hydrogen-bond acceptors (Lipinski definition) is 5. The summed E-state index contributed by atoms with van der Waals surface area (Å²) in [6.07, 6.45) is 0.266. The number of sulfonamides is 1. The number of rotatable bonds is 7. The molecule has 7 nitrogen and oxygen atoms in total. The van der Waals surface area contributed by atoms with Gasteiger partial charge >= 0.3 is 0 Å². The number of benzene rings is 2. The van der Waals surface area contributed by atoms with Crippen molar-refractivity contribution in [1.82, 2.24) is 4.89 Å². The number of anilines is 1. The van der Waals surface area contributed by atoms with Crippen molar-refractivity contribution in [2.45, 2.75) is 11.3 Å². The van der Waals surface area contributed by atoms with E-state index in [9.17, 15) is 17.6 Å². The highest BCUT2D eigenvalue weighted by Crippen LogP contribution is 2.11. The molecule has 2 aromatic rings. The Morgan fingerprint density at radius 2 is 1.76 bits per heavy atom. The Hall–Kier alpha value is -2.80. The molecule has 0 saturated carbocycles. The van der Waals surface area contributed by atoms with Crippen LogP contribution in [-0.4, -0.2) is 20.9 Å². The van der Waals surface area contributed by atoms with E-state index in [1.165, 1.54) is 0 Å². The molecule has 130 valence electrons. The topological polar surface area (TPSA) is 108 Å². The van der Waals surface area contributed by atoms with Crippen LogP contribution in [0.4, 0.5) is 10.1 Å². The highest BCUT2D eigenvalue weighted by Gasteiger charge is 2.15. The Morgan fingerprint density at radius 3 is 2.36 bits per heavy atom. The van der Waals surface area contributed by atoms with Crippen LogP contribution < -0.4 is 10.2 Å². The minimum absolute atomic E-state index is 0.192. The molecule has 0 aliphatic carbocycles. The number of halogens is 1. The number of carbonyl (C=O) groups is 1. The average Bonchev–Trinajstić information content (AvgIpc) is 2.57. The van der Waals surface area contributed by atoms with Crippen LogP contribution in [0.15, 0.2) is 53.4 Å². The lowest BCUT2D eigenvalue weighted by atomic mass is 10.1. The smallest absolute Gasteiger partial charge is 0.262 e. The van der Waals surface area contributed by atoms with Crippen molar-refractivity contribution in [1.29, 1.82) is 5.26 Å². The van der Waals surface area contributed by atoms with Gasteiger partial charge in [-0.05, 0) is 42.0 Å². The van der Waals surface area contributed by atoms with Gasteiger partial charge in [0.15, 0.2) is 0 Å². The molecule has 25 heavy (non-hydrogen) atoms. The van der Waals surface area contributed by atoms with E-state index in [2.05, 4.69) is 5.32 Å². The summed E-state index contributed by atoms with van der Waals surface area (Å²) >= 11 is 0. The number of nitrogens with zero attached hydrogens (tertiary/aromatic N) is 1. The molecule has 9 heteroatoms. The number of amides is 1. The first-order chi connectivity index (χ1) is 11.9. The molecule has 0 spiro atoms. The number of nitriles is 1. The Labute approximate surface area is 144 Å². The van der Waals surface area contributed by atoms with Crippen molar-refractivity contribution in [3.8, 4) is 6.07 Å². The Morgan fingerprint density at radius 1 is 1.12 bits per heavy atom. The molecule has 0 fully saturated rings. The van der Waals surface area contributed by atoms with Crippen molar-refractivity contribution in [3.63, 3.8) is 0 Å². The maximum Gasteiger partial charge on any atom is 0.262 e. The normalized spacial score (nSPS) is 10.9. The predicted molar refractivity (Wildman–Crippen MR) is 87.1 cm³/mol. The third-order valence-corrected chi connectivity index (χ3v) is 4.25.